The van der Waals surface area contributed by atoms with Crippen molar-refractivity contribution in [1.29, 1.82) is 0 Å². The van der Waals surface area contributed by atoms with Gasteiger partial charge in [0.25, 0.3) is 0 Å². The van der Waals surface area contributed by atoms with Crippen molar-refractivity contribution in [2.75, 3.05) is 0 Å². The van der Waals surface area contributed by atoms with E-state index in [0.29, 0.717) is 32.2 Å². The number of fused-ring (bicyclic) bond motifs is 1. The van der Waals surface area contributed by atoms with Gasteiger partial charge in [0.2, 0.25) is 0 Å². The SMILES string of the molecule is O=c1[nH]c2cc(Cl)c(C(O)c3ccc(Cl)cc3)cc2[nH]1. The van der Waals surface area contributed by atoms with E-state index in [9.17, 15) is 9.90 Å². The first-order chi connectivity index (χ1) is 9.54. The van der Waals surface area contributed by atoms with Gasteiger partial charge in [0.1, 0.15) is 6.10 Å². The van der Waals surface area contributed by atoms with Gasteiger partial charge in [0, 0.05) is 15.6 Å². The topological polar surface area (TPSA) is 68.9 Å². The zero-order valence-corrected chi connectivity index (χ0v) is 11.7. The number of benzene rings is 2. The highest BCUT2D eigenvalue weighted by atomic mass is 35.5. The third kappa shape index (κ3) is 2.33. The highest BCUT2D eigenvalue weighted by Gasteiger charge is 2.15. The van der Waals surface area contributed by atoms with Gasteiger partial charge in [-0.1, -0.05) is 35.3 Å². The number of aliphatic hydroxyl groups excluding tert-OH is 1. The monoisotopic (exact) mass is 308 g/mol. The smallest absolute Gasteiger partial charge is 0.323 e. The molecule has 4 nitrogen and oxygen atoms in total. The Bertz CT molecular complexity index is 821. The maximum absolute atomic E-state index is 11.3. The van der Waals surface area contributed by atoms with E-state index in [0.717, 1.165) is 0 Å². The molecule has 1 heterocycles. The van der Waals surface area contributed by atoms with Crippen LogP contribution in [-0.4, -0.2) is 15.1 Å². The molecule has 3 rings (SSSR count). The predicted octanol–water partition coefficient (Wildman–Crippen LogP) is 3.24. The molecule has 0 radical (unpaired) electrons. The lowest BCUT2D eigenvalue weighted by molar-refractivity contribution is 0.220. The Morgan fingerprint density at radius 3 is 2.25 bits per heavy atom. The van der Waals surface area contributed by atoms with Crippen LogP contribution in [-0.2, 0) is 0 Å². The number of nitrogens with one attached hydrogen (secondary N) is 2. The second-order valence-electron chi connectivity index (χ2n) is 4.45. The molecule has 102 valence electrons. The highest BCUT2D eigenvalue weighted by Crippen LogP contribution is 2.31. The van der Waals surface area contributed by atoms with E-state index >= 15 is 0 Å². The molecule has 20 heavy (non-hydrogen) atoms. The van der Waals surface area contributed by atoms with Crippen molar-refractivity contribution in [3.8, 4) is 0 Å². The van der Waals surface area contributed by atoms with Gasteiger partial charge in [-0.05, 0) is 29.8 Å². The molecular weight excluding hydrogens is 299 g/mol. The fourth-order valence-electron chi connectivity index (χ4n) is 2.11. The number of H-pyrrole nitrogens is 2. The van der Waals surface area contributed by atoms with E-state index < -0.39 is 6.10 Å². The zero-order valence-electron chi connectivity index (χ0n) is 10.2. The van der Waals surface area contributed by atoms with Gasteiger partial charge in [-0.3, -0.25) is 0 Å². The number of aromatic amines is 2. The first-order valence-corrected chi connectivity index (χ1v) is 6.65. The molecule has 1 atom stereocenters. The molecule has 0 saturated heterocycles. The number of hydrogen-bond donors (Lipinski definition) is 3. The van der Waals surface area contributed by atoms with Crippen molar-refractivity contribution in [2.45, 2.75) is 6.10 Å². The average molecular weight is 309 g/mol. The first kappa shape index (κ1) is 13.2. The van der Waals surface area contributed by atoms with Gasteiger partial charge in [0.05, 0.1) is 11.0 Å². The predicted molar refractivity (Wildman–Crippen MR) is 79.4 cm³/mol. The third-order valence-corrected chi connectivity index (χ3v) is 3.69. The van der Waals surface area contributed by atoms with E-state index in [1.54, 1.807) is 36.4 Å². The molecule has 0 aliphatic heterocycles. The summed E-state index contributed by atoms with van der Waals surface area (Å²) in [5.74, 6) is 0. The van der Waals surface area contributed by atoms with Crippen molar-refractivity contribution >= 4 is 34.2 Å². The minimum absolute atomic E-state index is 0.311. The van der Waals surface area contributed by atoms with Crippen molar-refractivity contribution in [3.05, 3.63) is 68.1 Å². The van der Waals surface area contributed by atoms with Gasteiger partial charge in [-0.25, -0.2) is 4.79 Å². The van der Waals surface area contributed by atoms with Crippen molar-refractivity contribution in [2.24, 2.45) is 0 Å². The van der Waals surface area contributed by atoms with E-state index in [2.05, 4.69) is 9.97 Å². The summed E-state index contributed by atoms with van der Waals surface area (Å²) in [5, 5.41) is 11.4. The van der Waals surface area contributed by atoms with Gasteiger partial charge >= 0.3 is 5.69 Å². The van der Waals surface area contributed by atoms with E-state index in [1.807, 2.05) is 0 Å². The molecule has 0 fully saturated rings. The van der Waals surface area contributed by atoms with Crippen LogP contribution in [0.1, 0.15) is 17.2 Å². The highest BCUT2D eigenvalue weighted by molar-refractivity contribution is 6.32. The third-order valence-electron chi connectivity index (χ3n) is 3.11. The summed E-state index contributed by atoms with van der Waals surface area (Å²) in [6.07, 6.45) is -0.887. The van der Waals surface area contributed by atoms with Gasteiger partial charge in [-0.2, -0.15) is 0 Å². The van der Waals surface area contributed by atoms with Crippen LogP contribution in [0.25, 0.3) is 11.0 Å². The van der Waals surface area contributed by atoms with Crippen molar-refractivity contribution in [3.63, 3.8) is 0 Å². The molecule has 2 aromatic carbocycles. The second kappa shape index (κ2) is 4.98. The van der Waals surface area contributed by atoms with E-state index in [-0.39, 0.29) is 5.69 Å². The fourth-order valence-corrected chi connectivity index (χ4v) is 2.50. The van der Waals surface area contributed by atoms with Crippen LogP contribution < -0.4 is 5.69 Å². The summed E-state index contributed by atoms with van der Waals surface area (Å²) in [5.41, 5.74) is 2.09. The Kier molecular flexibility index (Phi) is 3.30. The molecule has 1 aromatic heterocycles. The minimum atomic E-state index is -0.887. The molecule has 3 N–H and O–H groups in total. The van der Waals surface area contributed by atoms with Gasteiger partial charge in [-0.15, -0.1) is 0 Å². The molecule has 0 saturated carbocycles. The Morgan fingerprint density at radius 1 is 1.00 bits per heavy atom. The molecule has 0 amide bonds. The number of hydrogen-bond acceptors (Lipinski definition) is 2. The number of imidazole rings is 1. The van der Waals surface area contributed by atoms with Crippen LogP contribution in [0.5, 0.6) is 0 Å². The number of aliphatic hydroxyl groups is 1. The normalized spacial score (nSPS) is 12.8. The maximum atomic E-state index is 11.3. The molecular formula is C14H10Cl2N2O2. The molecule has 3 aromatic rings. The van der Waals surface area contributed by atoms with Crippen LogP contribution in [0.4, 0.5) is 0 Å². The van der Waals surface area contributed by atoms with Crippen LogP contribution in [0, 0.1) is 0 Å². The van der Waals surface area contributed by atoms with Crippen LogP contribution in [0.3, 0.4) is 0 Å². The molecule has 1 unspecified atom stereocenters. The van der Waals surface area contributed by atoms with Gasteiger partial charge < -0.3 is 15.1 Å². The Hall–Kier alpha value is -1.75. The molecule has 6 heteroatoms. The van der Waals surface area contributed by atoms with Crippen LogP contribution in [0.2, 0.25) is 10.0 Å². The Balaban J connectivity index is 2.10. The largest absolute Gasteiger partial charge is 0.384 e. The lowest BCUT2D eigenvalue weighted by Crippen LogP contribution is -2.00. The van der Waals surface area contributed by atoms with E-state index in [4.69, 9.17) is 23.2 Å². The molecule has 0 spiro atoms. The summed E-state index contributed by atoms with van der Waals surface area (Å²) in [6.45, 7) is 0. The maximum Gasteiger partial charge on any atom is 0.323 e. The summed E-state index contributed by atoms with van der Waals surface area (Å²) < 4.78 is 0. The quantitative estimate of drug-likeness (QED) is 0.680. The summed E-state index contributed by atoms with van der Waals surface area (Å²) in [7, 11) is 0. The fraction of sp³-hybridized carbons (Fsp3) is 0.0714. The molecule has 0 aliphatic rings. The van der Waals surface area contributed by atoms with Crippen LogP contribution in [0.15, 0.2) is 41.2 Å². The number of halogens is 2. The molecule has 0 aliphatic carbocycles. The van der Waals surface area contributed by atoms with Crippen molar-refractivity contribution in [1.82, 2.24) is 9.97 Å². The zero-order chi connectivity index (χ0) is 14.3. The Labute approximate surface area is 124 Å². The van der Waals surface area contributed by atoms with Gasteiger partial charge in [0.15, 0.2) is 0 Å². The number of rotatable bonds is 2. The lowest BCUT2D eigenvalue weighted by atomic mass is 10.0. The summed E-state index contributed by atoms with van der Waals surface area (Å²) in [6, 6.07) is 10.1. The summed E-state index contributed by atoms with van der Waals surface area (Å²) >= 11 is 12.0. The number of aromatic nitrogens is 2. The first-order valence-electron chi connectivity index (χ1n) is 5.89. The average Bonchev–Trinajstić information content (AvgIpc) is 2.77. The molecule has 0 bridgehead atoms. The van der Waals surface area contributed by atoms with Crippen LogP contribution >= 0.6 is 23.2 Å². The Morgan fingerprint density at radius 2 is 1.60 bits per heavy atom. The lowest BCUT2D eigenvalue weighted by Gasteiger charge is -2.13. The summed E-state index contributed by atoms with van der Waals surface area (Å²) in [4.78, 5) is 16.5. The standard InChI is InChI=1S/C14H10Cl2N2O2/c15-8-3-1-7(2-4-8)13(19)9-5-11-12(6-10(9)16)18-14(20)17-11/h1-6,13,19H,(H2,17,18,20). The minimum Gasteiger partial charge on any atom is -0.384 e. The van der Waals surface area contributed by atoms with E-state index in [1.165, 1.54) is 0 Å². The van der Waals surface area contributed by atoms with Crippen molar-refractivity contribution < 1.29 is 5.11 Å². The second-order valence-corrected chi connectivity index (χ2v) is 5.30.